The molecule has 1 aromatic heterocycles. The van der Waals surface area contributed by atoms with Crippen LogP contribution in [-0.4, -0.2) is 58.8 Å². The van der Waals surface area contributed by atoms with E-state index in [0.717, 1.165) is 78.6 Å². The minimum absolute atomic E-state index is 0.0301. The quantitative estimate of drug-likeness (QED) is 0.463. The summed E-state index contributed by atoms with van der Waals surface area (Å²) in [7, 11) is 0. The number of rotatable bonds is 8. The van der Waals surface area contributed by atoms with Gasteiger partial charge in [-0.1, -0.05) is 19.9 Å². The number of hydrogen-bond acceptors (Lipinski definition) is 5. The Morgan fingerprint density at radius 1 is 1.22 bits per heavy atom. The number of thioether (sulfide) groups is 1. The highest BCUT2D eigenvalue weighted by Crippen LogP contribution is 2.37. The first-order valence-electron chi connectivity index (χ1n) is 11.7. The van der Waals surface area contributed by atoms with E-state index in [9.17, 15) is 9.59 Å². The van der Waals surface area contributed by atoms with E-state index in [1.165, 1.54) is 23.7 Å². The second kappa shape index (κ2) is 10.2. The van der Waals surface area contributed by atoms with Crippen LogP contribution in [0, 0.1) is 11.8 Å². The van der Waals surface area contributed by atoms with Gasteiger partial charge in [0.05, 0.1) is 11.3 Å². The minimum Gasteiger partial charge on any atom is -0.481 e. The Kier molecular flexibility index (Phi) is 7.36. The first kappa shape index (κ1) is 23.1. The van der Waals surface area contributed by atoms with Gasteiger partial charge in [-0.2, -0.15) is 0 Å². The molecule has 2 aliphatic rings. The number of carboxylic acids is 1. The molecule has 1 saturated heterocycles. The van der Waals surface area contributed by atoms with Crippen molar-refractivity contribution in [3.63, 3.8) is 0 Å². The molecular weight excluding hydrogens is 422 g/mol. The molecule has 1 amide bonds. The lowest BCUT2D eigenvalue weighted by Gasteiger charge is -2.34. The van der Waals surface area contributed by atoms with E-state index in [-0.39, 0.29) is 11.7 Å². The van der Waals surface area contributed by atoms with Crippen LogP contribution in [0.4, 0.5) is 0 Å². The molecule has 0 bridgehead atoms. The van der Waals surface area contributed by atoms with Crippen molar-refractivity contribution >= 4 is 34.5 Å². The molecule has 4 rings (SSSR count). The maximum atomic E-state index is 12.7. The summed E-state index contributed by atoms with van der Waals surface area (Å²) >= 11 is 1.36. The van der Waals surface area contributed by atoms with Gasteiger partial charge in [-0.25, -0.2) is 0 Å². The second-order valence-electron chi connectivity index (χ2n) is 9.45. The zero-order chi connectivity index (χ0) is 22.7. The van der Waals surface area contributed by atoms with Crippen molar-refractivity contribution in [1.82, 2.24) is 15.2 Å². The van der Waals surface area contributed by atoms with Crippen LogP contribution in [0.3, 0.4) is 0 Å². The average Bonchev–Trinajstić information content (AvgIpc) is 3.21. The number of nitrogens with one attached hydrogen (secondary N) is 1. The van der Waals surface area contributed by atoms with Gasteiger partial charge >= 0.3 is 5.97 Å². The fourth-order valence-electron chi connectivity index (χ4n) is 5.24. The van der Waals surface area contributed by atoms with Gasteiger partial charge in [-0.3, -0.25) is 14.6 Å². The van der Waals surface area contributed by atoms with Crippen molar-refractivity contribution < 1.29 is 14.7 Å². The van der Waals surface area contributed by atoms with Crippen LogP contribution in [0.2, 0.25) is 0 Å². The standard InChI is InChI=1S/C25H33N3O3S/c1-16-11-17(2)14-28(13-16)10-4-9-26-25(31)18-7-8-20-22(12-18)27-21-6-3-5-19(21)24(20)32-15-23(29)30/h7-8,12,16-17H,3-6,9-11,13-15H2,1-2H3,(H,26,31)(H,29,30)/t16-,17-/m0/s1. The van der Waals surface area contributed by atoms with Crippen LogP contribution in [0.15, 0.2) is 23.1 Å². The van der Waals surface area contributed by atoms with Crippen LogP contribution in [0.5, 0.6) is 0 Å². The topological polar surface area (TPSA) is 82.5 Å². The normalized spacial score (nSPS) is 20.9. The van der Waals surface area contributed by atoms with Crippen molar-refractivity contribution in [2.24, 2.45) is 11.8 Å². The molecule has 1 aliphatic heterocycles. The van der Waals surface area contributed by atoms with E-state index in [4.69, 9.17) is 10.1 Å². The number of nitrogens with zero attached hydrogens (tertiary/aromatic N) is 2. The largest absolute Gasteiger partial charge is 0.481 e. The number of carbonyl (C=O) groups is 2. The predicted molar refractivity (Wildman–Crippen MR) is 128 cm³/mol. The van der Waals surface area contributed by atoms with Crippen molar-refractivity contribution in [3.05, 3.63) is 35.0 Å². The first-order chi connectivity index (χ1) is 15.4. The lowest BCUT2D eigenvalue weighted by atomic mass is 9.92. The zero-order valence-corrected chi connectivity index (χ0v) is 19.8. The first-order valence-corrected chi connectivity index (χ1v) is 12.7. The molecule has 7 heteroatoms. The van der Waals surface area contributed by atoms with E-state index < -0.39 is 5.97 Å². The van der Waals surface area contributed by atoms with Gasteiger partial charge in [0, 0.05) is 41.2 Å². The second-order valence-corrected chi connectivity index (χ2v) is 10.4. The Hall–Kier alpha value is -2.12. The van der Waals surface area contributed by atoms with Crippen LogP contribution in [-0.2, 0) is 17.6 Å². The molecule has 0 radical (unpaired) electrons. The number of carboxylic acid groups (broad SMARTS) is 1. The molecular formula is C25H33N3O3S. The van der Waals surface area contributed by atoms with E-state index in [1.54, 1.807) is 0 Å². The monoisotopic (exact) mass is 455 g/mol. The summed E-state index contributed by atoms with van der Waals surface area (Å²) in [6.07, 6.45) is 5.15. The number of likely N-dealkylation sites (tertiary alicyclic amines) is 1. The molecule has 0 spiro atoms. The summed E-state index contributed by atoms with van der Waals surface area (Å²) in [6.45, 7) is 8.62. The number of aryl methyl sites for hydroxylation is 1. The Balaban J connectivity index is 1.40. The molecule has 32 heavy (non-hydrogen) atoms. The third kappa shape index (κ3) is 5.44. The summed E-state index contributed by atoms with van der Waals surface area (Å²) in [5.74, 6) is 0.630. The summed E-state index contributed by atoms with van der Waals surface area (Å²) in [4.78, 5) is 32.2. The third-order valence-corrected chi connectivity index (χ3v) is 7.59. The summed E-state index contributed by atoms with van der Waals surface area (Å²) in [6, 6.07) is 5.61. The van der Waals surface area contributed by atoms with Gasteiger partial charge in [0.2, 0.25) is 0 Å². The van der Waals surface area contributed by atoms with E-state index in [2.05, 4.69) is 24.1 Å². The highest BCUT2D eigenvalue weighted by atomic mass is 32.2. The number of amides is 1. The third-order valence-electron chi connectivity index (χ3n) is 6.44. The van der Waals surface area contributed by atoms with E-state index in [0.29, 0.717) is 12.1 Å². The summed E-state index contributed by atoms with van der Waals surface area (Å²) in [5, 5.41) is 13.1. The Morgan fingerprint density at radius 3 is 2.75 bits per heavy atom. The van der Waals surface area contributed by atoms with Gasteiger partial charge in [0.1, 0.15) is 0 Å². The van der Waals surface area contributed by atoms with Crippen LogP contribution in [0.25, 0.3) is 10.9 Å². The number of aliphatic carboxylic acids is 1. The SMILES string of the molecule is C[C@H]1C[C@H](C)CN(CCCNC(=O)c2ccc3c(SCC(=O)O)c4c(nc3c2)CCC4)C1. The molecule has 6 nitrogen and oxygen atoms in total. The molecule has 2 N–H and O–H groups in total. The van der Waals surface area contributed by atoms with Crippen molar-refractivity contribution in [1.29, 1.82) is 0 Å². The average molecular weight is 456 g/mol. The number of hydrogen-bond donors (Lipinski definition) is 2. The fourth-order valence-corrected chi connectivity index (χ4v) is 6.23. The van der Waals surface area contributed by atoms with E-state index >= 15 is 0 Å². The number of benzene rings is 1. The summed E-state index contributed by atoms with van der Waals surface area (Å²) < 4.78 is 0. The predicted octanol–water partition coefficient (Wildman–Crippen LogP) is 4.00. The molecule has 1 aliphatic carbocycles. The fraction of sp³-hybridized carbons (Fsp3) is 0.560. The van der Waals surface area contributed by atoms with Crippen molar-refractivity contribution in [2.75, 3.05) is 31.9 Å². The maximum absolute atomic E-state index is 12.7. The number of piperidine rings is 1. The molecule has 2 atom stereocenters. The maximum Gasteiger partial charge on any atom is 0.313 e. The van der Waals surface area contributed by atoms with Gasteiger partial charge in [0.25, 0.3) is 5.91 Å². The zero-order valence-electron chi connectivity index (χ0n) is 19.0. The number of carbonyl (C=O) groups excluding carboxylic acids is 1. The molecule has 2 heterocycles. The molecule has 1 fully saturated rings. The smallest absolute Gasteiger partial charge is 0.313 e. The number of fused-ring (bicyclic) bond motifs is 2. The molecule has 0 saturated carbocycles. The van der Waals surface area contributed by atoms with Crippen LogP contribution in [0.1, 0.15) is 54.7 Å². The molecule has 172 valence electrons. The van der Waals surface area contributed by atoms with E-state index in [1.807, 2.05) is 18.2 Å². The van der Waals surface area contributed by atoms with Crippen LogP contribution < -0.4 is 5.32 Å². The van der Waals surface area contributed by atoms with Gasteiger partial charge in [-0.05, 0) is 68.2 Å². The molecule has 1 aromatic carbocycles. The van der Waals surface area contributed by atoms with Crippen LogP contribution >= 0.6 is 11.8 Å². The number of aromatic nitrogens is 1. The van der Waals surface area contributed by atoms with Gasteiger partial charge < -0.3 is 15.3 Å². The lowest BCUT2D eigenvalue weighted by Crippen LogP contribution is -2.40. The van der Waals surface area contributed by atoms with Gasteiger partial charge in [0.15, 0.2) is 0 Å². The Morgan fingerprint density at radius 2 is 2.00 bits per heavy atom. The van der Waals surface area contributed by atoms with Gasteiger partial charge in [-0.15, -0.1) is 11.8 Å². The Labute approximate surface area is 194 Å². The lowest BCUT2D eigenvalue weighted by molar-refractivity contribution is -0.133. The highest BCUT2D eigenvalue weighted by molar-refractivity contribution is 8.00. The minimum atomic E-state index is -0.823. The number of pyridine rings is 1. The highest BCUT2D eigenvalue weighted by Gasteiger charge is 2.22. The summed E-state index contributed by atoms with van der Waals surface area (Å²) in [5.41, 5.74) is 3.62. The van der Waals surface area contributed by atoms with Crippen molar-refractivity contribution in [2.45, 2.75) is 50.8 Å². The van der Waals surface area contributed by atoms with Crippen molar-refractivity contribution in [3.8, 4) is 0 Å². The molecule has 2 aromatic rings. The molecule has 0 unspecified atom stereocenters. The Bertz CT molecular complexity index is 1000.